The summed E-state index contributed by atoms with van der Waals surface area (Å²) in [6.45, 7) is 0.400. The fourth-order valence-electron chi connectivity index (χ4n) is 1.94. The van der Waals surface area contributed by atoms with E-state index in [1.165, 1.54) is 0 Å². The fourth-order valence-corrected chi connectivity index (χ4v) is 1.94. The Morgan fingerprint density at radius 1 is 1.47 bits per heavy atom. The lowest BCUT2D eigenvalue weighted by atomic mass is 10.1. The summed E-state index contributed by atoms with van der Waals surface area (Å²) in [7, 11) is 0. The van der Waals surface area contributed by atoms with Crippen LogP contribution in [0.1, 0.15) is 12.8 Å². The van der Waals surface area contributed by atoms with Crippen LogP contribution in [0.5, 0.6) is 0 Å². The molecule has 98 valence electrons. The molecule has 1 fully saturated rings. The van der Waals surface area contributed by atoms with Crippen molar-refractivity contribution in [3.8, 4) is 5.82 Å². The van der Waals surface area contributed by atoms with E-state index in [1.54, 1.807) is 17.1 Å². The number of nitrogens with one attached hydrogen (secondary N) is 1. The highest BCUT2D eigenvalue weighted by atomic mass is 16.2. The van der Waals surface area contributed by atoms with Crippen LogP contribution >= 0.6 is 0 Å². The predicted octanol–water partition coefficient (Wildman–Crippen LogP) is 0.945. The number of hydrogen-bond donors (Lipinski definition) is 2. The summed E-state index contributed by atoms with van der Waals surface area (Å²) in [5.74, 6) is 0.701. The van der Waals surface area contributed by atoms with E-state index in [9.17, 15) is 4.79 Å². The van der Waals surface area contributed by atoms with Crippen LogP contribution in [0.15, 0.2) is 36.8 Å². The van der Waals surface area contributed by atoms with E-state index in [4.69, 9.17) is 5.73 Å². The maximum Gasteiger partial charge on any atom is 0.231 e. The van der Waals surface area contributed by atoms with E-state index in [0.29, 0.717) is 18.1 Å². The van der Waals surface area contributed by atoms with Gasteiger partial charge in [-0.1, -0.05) is 0 Å². The molecule has 1 aliphatic carbocycles. The van der Waals surface area contributed by atoms with Gasteiger partial charge in [0.2, 0.25) is 5.91 Å². The Morgan fingerprint density at radius 3 is 2.84 bits per heavy atom. The number of aromatic nitrogens is 3. The van der Waals surface area contributed by atoms with Crippen molar-refractivity contribution >= 4 is 11.6 Å². The first-order valence-corrected chi connectivity index (χ1v) is 6.21. The third-order valence-corrected chi connectivity index (χ3v) is 3.47. The van der Waals surface area contributed by atoms with Gasteiger partial charge in [0, 0.05) is 18.9 Å². The summed E-state index contributed by atoms with van der Waals surface area (Å²) < 4.78 is 1.66. The Balaban J connectivity index is 1.71. The molecular weight excluding hydrogens is 242 g/mol. The zero-order valence-corrected chi connectivity index (χ0v) is 10.4. The number of anilines is 1. The molecule has 0 saturated heterocycles. The van der Waals surface area contributed by atoms with Crippen molar-refractivity contribution in [3.63, 3.8) is 0 Å². The van der Waals surface area contributed by atoms with Crippen LogP contribution in [-0.2, 0) is 4.79 Å². The standard InChI is InChI=1S/C13H15N5O/c14-9-13(4-5-13)12(19)17-10-2-3-11(15-8-10)18-7-1-6-16-18/h1-3,6-8H,4-5,9,14H2,(H,17,19). The molecule has 6 heteroatoms. The van der Waals surface area contributed by atoms with Crippen LogP contribution in [-0.4, -0.2) is 27.2 Å². The van der Waals surface area contributed by atoms with Gasteiger partial charge in [0.25, 0.3) is 0 Å². The van der Waals surface area contributed by atoms with E-state index < -0.39 is 0 Å². The highest BCUT2D eigenvalue weighted by molar-refractivity contribution is 5.97. The van der Waals surface area contributed by atoms with Crippen LogP contribution in [0.25, 0.3) is 5.82 Å². The number of carbonyl (C=O) groups is 1. The largest absolute Gasteiger partial charge is 0.329 e. The number of pyridine rings is 1. The third kappa shape index (κ3) is 2.22. The number of hydrogen-bond acceptors (Lipinski definition) is 4. The molecule has 0 spiro atoms. The third-order valence-electron chi connectivity index (χ3n) is 3.47. The first-order valence-electron chi connectivity index (χ1n) is 6.21. The summed E-state index contributed by atoms with van der Waals surface area (Å²) in [5, 5.41) is 6.95. The molecule has 0 bridgehead atoms. The van der Waals surface area contributed by atoms with E-state index in [-0.39, 0.29) is 11.3 Å². The maximum atomic E-state index is 12.0. The minimum atomic E-state index is -0.347. The molecule has 0 radical (unpaired) electrons. The number of rotatable bonds is 4. The van der Waals surface area contributed by atoms with E-state index in [2.05, 4.69) is 15.4 Å². The summed E-state index contributed by atoms with van der Waals surface area (Å²) in [6.07, 6.45) is 6.87. The monoisotopic (exact) mass is 257 g/mol. The van der Waals surface area contributed by atoms with Crippen molar-refractivity contribution < 1.29 is 4.79 Å². The lowest BCUT2D eigenvalue weighted by Gasteiger charge is -2.12. The zero-order chi connectivity index (χ0) is 13.3. The normalized spacial score (nSPS) is 16.1. The van der Waals surface area contributed by atoms with Gasteiger partial charge in [-0.2, -0.15) is 5.10 Å². The summed E-state index contributed by atoms with van der Waals surface area (Å²) in [5.41, 5.74) is 5.96. The van der Waals surface area contributed by atoms with Gasteiger partial charge < -0.3 is 11.1 Å². The minimum absolute atomic E-state index is 0.0105. The average molecular weight is 257 g/mol. The van der Waals surface area contributed by atoms with Crippen molar-refractivity contribution in [1.29, 1.82) is 0 Å². The molecular formula is C13H15N5O. The van der Waals surface area contributed by atoms with Gasteiger partial charge in [-0.15, -0.1) is 0 Å². The van der Waals surface area contributed by atoms with Gasteiger partial charge in [-0.05, 0) is 31.0 Å². The van der Waals surface area contributed by atoms with Crippen molar-refractivity contribution in [2.45, 2.75) is 12.8 Å². The van der Waals surface area contributed by atoms with Crippen LogP contribution in [0.4, 0.5) is 5.69 Å². The van der Waals surface area contributed by atoms with Gasteiger partial charge in [0.05, 0.1) is 17.3 Å². The molecule has 3 rings (SSSR count). The van der Waals surface area contributed by atoms with Crippen LogP contribution in [0, 0.1) is 5.41 Å². The average Bonchev–Trinajstić information content (AvgIpc) is 3.06. The van der Waals surface area contributed by atoms with Gasteiger partial charge in [-0.25, -0.2) is 9.67 Å². The molecule has 3 N–H and O–H groups in total. The lowest BCUT2D eigenvalue weighted by Crippen LogP contribution is -2.30. The summed E-state index contributed by atoms with van der Waals surface area (Å²) >= 11 is 0. The second-order valence-electron chi connectivity index (χ2n) is 4.79. The Hall–Kier alpha value is -2.21. The highest BCUT2D eigenvalue weighted by Crippen LogP contribution is 2.45. The SMILES string of the molecule is NCC1(C(=O)Nc2ccc(-n3cccn3)nc2)CC1. The first-order chi connectivity index (χ1) is 9.23. The van der Waals surface area contributed by atoms with E-state index >= 15 is 0 Å². The van der Waals surface area contributed by atoms with Crippen molar-refractivity contribution in [1.82, 2.24) is 14.8 Å². The molecule has 0 aliphatic heterocycles. The molecule has 0 atom stereocenters. The lowest BCUT2D eigenvalue weighted by molar-refractivity contribution is -0.120. The number of nitrogens with zero attached hydrogens (tertiary/aromatic N) is 3. The Kier molecular flexibility index (Phi) is 2.79. The van der Waals surface area contributed by atoms with Crippen molar-refractivity contribution in [2.75, 3.05) is 11.9 Å². The molecule has 0 unspecified atom stereocenters. The topological polar surface area (TPSA) is 85.8 Å². The second kappa shape index (κ2) is 4.47. The van der Waals surface area contributed by atoms with E-state index in [0.717, 1.165) is 12.8 Å². The smallest absolute Gasteiger partial charge is 0.231 e. The quantitative estimate of drug-likeness (QED) is 0.853. The highest BCUT2D eigenvalue weighted by Gasteiger charge is 2.48. The van der Waals surface area contributed by atoms with Gasteiger partial charge in [-0.3, -0.25) is 4.79 Å². The van der Waals surface area contributed by atoms with Gasteiger partial charge in [0.1, 0.15) is 0 Å². The Morgan fingerprint density at radius 2 is 2.32 bits per heavy atom. The van der Waals surface area contributed by atoms with E-state index in [1.807, 2.05) is 24.4 Å². The fraction of sp³-hybridized carbons (Fsp3) is 0.308. The van der Waals surface area contributed by atoms with Gasteiger partial charge in [0.15, 0.2) is 5.82 Å². The molecule has 2 aromatic heterocycles. The number of amides is 1. The zero-order valence-electron chi connectivity index (χ0n) is 10.4. The number of carbonyl (C=O) groups excluding carboxylic acids is 1. The van der Waals surface area contributed by atoms with Crippen molar-refractivity contribution in [2.24, 2.45) is 11.1 Å². The molecule has 2 heterocycles. The van der Waals surface area contributed by atoms with Crippen LogP contribution in [0.2, 0.25) is 0 Å². The minimum Gasteiger partial charge on any atom is -0.329 e. The molecule has 2 aromatic rings. The van der Waals surface area contributed by atoms with Gasteiger partial charge >= 0.3 is 0 Å². The van der Waals surface area contributed by atoms with Crippen molar-refractivity contribution in [3.05, 3.63) is 36.8 Å². The van der Waals surface area contributed by atoms with Crippen LogP contribution < -0.4 is 11.1 Å². The Labute approximate surface area is 110 Å². The summed E-state index contributed by atoms with van der Waals surface area (Å²) in [6, 6.07) is 5.45. The number of nitrogens with two attached hydrogens (primary N) is 1. The molecule has 6 nitrogen and oxygen atoms in total. The maximum absolute atomic E-state index is 12.0. The first kappa shape index (κ1) is 11.9. The molecule has 0 aromatic carbocycles. The second-order valence-corrected chi connectivity index (χ2v) is 4.79. The van der Waals surface area contributed by atoms with Crippen LogP contribution in [0.3, 0.4) is 0 Å². The molecule has 19 heavy (non-hydrogen) atoms. The Bertz CT molecular complexity index is 572. The molecule has 1 aliphatic rings. The summed E-state index contributed by atoms with van der Waals surface area (Å²) in [4.78, 5) is 16.3. The predicted molar refractivity (Wildman–Crippen MR) is 70.7 cm³/mol. The molecule has 1 amide bonds. The molecule has 1 saturated carbocycles.